The summed E-state index contributed by atoms with van der Waals surface area (Å²) in [6.45, 7) is 9.28. The Morgan fingerprint density at radius 3 is 2.33 bits per heavy atom. The van der Waals surface area contributed by atoms with Gasteiger partial charge in [0.2, 0.25) is 0 Å². The average molecular weight is 191 g/mol. The van der Waals surface area contributed by atoms with Gasteiger partial charge >= 0.3 is 0 Å². The van der Waals surface area contributed by atoms with E-state index in [9.17, 15) is 0 Å². The van der Waals surface area contributed by atoms with Crippen LogP contribution in [0.4, 0.5) is 0 Å². The van der Waals surface area contributed by atoms with E-state index in [1.807, 2.05) is 0 Å². The lowest BCUT2D eigenvalue weighted by Crippen LogP contribution is -2.27. The Morgan fingerprint density at radius 2 is 2.00 bits per heavy atom. The molecule has 0 aromatic carbocycles. The van der Waals surface area contributed by atoms with Crippen molar-refractivity contribution in [2.45, 2.75) is 26.7 Å². The Bertz CT molecular complexity index is 111. The molecule has 72 valence electrons. The summed E-state index contributed by atoms with van der Waals surface area (Å²) in [4.78, 5) is 0. The summed E-state index contributed by atoms with van der Waals surface area (Å²) in [6.07, 6.45) is 3.92. The van der Waals surface area contributed by atoms with Gasteiger partial charge in [0.15, 0.2) is 0 Å². The second-order valence-corrected chi connectivity index (χ2v) is 3.41. The first-order chi connectivity index (χ1) is 5.74. The number of hydrogen-bond acceptors (Lipinski definition) is 1. The highest BCUT2D eigenvalue weighted by molar-refractivity contribution is 6.18. The summed E-state index contributed by atoms with van der Waals surface area (Å²) < 4.78 is 5.42. The maximum absolute atomic E-state index is 5.90. The van der Waals surface area contributed by atoms with Gasteiger partial charge < -0.3 is 4.74 Å². The van der Waals surface area contributed by atoms with E-state index in [0.717, 1.165) is 19.4 Å². The van der Waals surface area contributed by atoms with Crippen molar-refractivity contribution in [3.63, 3.8) is 0 Å². The van der Waals surface area contributed by atoms with E-state index in [2.05, 4.69) is 20.4 Å². The molecule has 0 aromatic rings. The van der Waals surface area contributed by atoms with E-state index in [0.29, 0.717) is 12.5 Å². The van der Waals surface area contributed by atoms with Gasteiger partial charge in [0.05, 0.1) is 13.2 Å². The molecule has 0 rings (SSSR count). The summed E-state index contributed by atoms with van der Waals surface area (Å²) in [6, 6.07) is 0. The van der Waals surface area contributed by atoms with Crippen LogP contribution in [-0.4, -0.2) is 19.1 Å². The van der Waals surface area contributed by atoms with E-state index in [1.165, 1.54) is 0 Å². The lowest BCUT2D eigenvalue weighted by atomic mass is 9.85. The topological polar surface area (TPSA) is 9.23 Å². The zero-order chi connectivity index (χ0) is 9.45. The second kappa shape index (κ2) is 6.50. The largest absolute Gasteiger partial charge is 0.377 e. The highest BCUT2D eigenvalue weighted by atomic mass is 35.5. The summed E-state index contributed by atoms with van der Waals surface area (Å²) in [5.74, 6) is 0.678. The highest BCUT2D eigenvalue weighted by Gasteiger charge is 2.24. The van der Waals surface area contributed by atoms with Crippen LogP contribution < -0.4 is 0 Å². The average Bonchev–Trinajstić information content (AvgIpc) is 2.14. The third-order valence-electron chi connectivity index (χ3n) is 2.43. The van der Waals surface area contributed by atoms with E-state index < -0.39 is 0 Å². The van der Waals surface area contributed by atoms with Gasteiger partial charge in [-0.1, -0.05) is 19.9 Å². The maximum atomic E-state index is 5.90. The monoisotopic (exact) mass is 190 g/mol. The van der Waals surface area contributed by atoms with Gasteiger partial charge in [-0.05, 0) is 12.8 Å². The Labute approximate surface area is 80.8 Å². The van der Waals surface area contributed by atoms with Crippen LogP contribution in [0.25, 0.3) is 0 Å². The van der Waals surface area contributed by atoms with Gasteiger partial charge in [0.25, 0.3) is 0 Å². The summed E-state index contributed by atoms with van der Waals surface area (Å²) >= 11 is 5.90. The molecular weight excluding hydrogens is 172 g/mol. The quantitative estimate of drug-likeness (QED) is 0.340. The highest BCUT2D eigenvalue weighted by Crippen LogP contribution is 2.28. The smallest absolute Gasteiger partial charge is 0.0645 e. The first-order valence-electron chi connectivity index (χ1n) is 4.49. The zero-order valence-electron chi connectivity index (χ0n) is 8.11. The lowest BCUT2D eigenvalue weighted by Gasteiger charge is -2.28. The van der Waals surface area contributed by atoms with Crippen LogP contribution in [0.3, 0.4) is 0 Å². The Balaban J connectivity index is 3.84. The van der Waals surface area contributed by atoms with Crippen LogP contribution in [-0.2, 0) is 4.74 Å². The minimum Gasteiger partial charge on any atom is -0.377 e. The SMILES string of the molecule is C=CCOCC(CC)(CC)CCl. The van der Waals surface area contributed by atoms with E-state index in [1.54, 1.807) is 6.08 Å². The predicted molar refractivity (Wildman–Crippen MR) is 54.8 cm³/mol. The van der Waals surface area contributed by atoms with Crippen molar-refractivity contribution < 1.29 is 4.74 Å². The van der Waals surface area contributed by atoms with Gasteiger partial charge in [-0.2, -0.15) is 0 Å². The van der Waals surface area contributed by atoms with Gasteiger partial charge in [-0.3, -0.25) is 0 Å². The van der Waals surface area contributed by atoms with Crippen molar-refractivity contribution in [2.24, 2.45) is 5.41 Å². The third kappa shape index (κ3) is 3.59. The van der Waals surface area contributed by atoms with Crippen LogP contribution in [0.5, 0.6) is 0 Å². The molecule has 0 aromatic heterocycles. The molecule has 0 saturated heterocycles. The molecular formula is C10H19ClO. The maximum Gasteiger partial charge on any atom is 0.0645 e. The van der Waals surface area contributed by atoms with E-state index in [-0.39, 0.29) is 5.41 Å². The van der Waals surface area contributed by atoms with Crippen molar-refractivity contribution in [2.75, 3.05) is 19.1 Å². The van der Waals surface area contributed by atoms with Crippen molar-refractivity contribution in [1.82, 2.24) is 0 Å². The molecule has 0 amide bonds. The molecule has 2 heteroatoms. The molecule has 0 unspecified atom stereocenters. The fraction of sp³-hybridized carbons (Fsp3) is 0.800. The fourth-order valence-electron chi connectivity index (χ4n) is 1.04. The molecule has 0 aliphatic heterocycles. The first-order valence-corrected chi connectivity index (χ1v) is 5.02. The van der Waals surface area contributed by atoms with E-state index in [4.69, 9.17) is 16.3 Å². The third-order valence-corrected chi connectivity index (χ3v) is 2.99. The number of halogens is 1. The van der Waals surface area contributed by atoms with Crippen molar-refractivity contribution in [3.8, 4) is 0 Å². The van der Waals surface area contributed by atoms with Crippen LogP contribution in [0.15, 0.2) is 12.7 Å². The summed E-state index contributed by atoms with van der Waals surface area (Å²) in [5, 5.41) is 0. The van der Waals surface area contributed by atoms with Gasteiger partial charge in [0, 0.05) is 11.3 Å². The Hall–Kier alpha value is -0.0100. The zero-order valence-corrected chi connectivity index (χ0v) is 8.86. The molecule has 0 fully saturated rings. The van der Waals surface area contributed by atoms with Crippen molar-refractivity contribution in [3.05, 3.63) is 12.7 Å². The van der Waals surface area contributed by atoms with E-state index >= 15 is 0 Å². The number of rotatable bonds is 7. The van der Waals surface area contributed by atoms with Crippen LogP contribution >= 0.6 is 11.6 Å². The molecule has 0 aliphatic carbocycles. The fourth-order valence-corrected chi connectivity index (χ4v) is 1.50. The summed E-state index contributed by atoms with van der Waals surface area (Å²) in [5.41, 5.74) is 0.171. The molecule has 0 bridgehead atoms. The van der Waals surface area contributed by atoms with Gasteiger partial charge in [-0.25, -0.2) is 0 Å². The van der Waals surface area contributed by atoms with Gasteiger partial charge in [0.1, 0.15) is 0 Å². The molecule has 0 radical (unpaired) electrons. The minimum atomic E-state index is 0.171. The molecule has 0 heterocycles. The lowest BCUT2D eigenvalue weighted by molar-refractivity contribution is 0.0671. The van der Waals surface area contributed by atoms with Crippen molar-refractivity contribution >= 4 is 11.6 Å². The molecule has 1 nitrogen and oxygen atoms in total. The molecule has 12 heavy (non-hydrogen) atoms. The number of alkyl halides is 1. The molecule has 0 atom stereocenters. The molecule has 0 aliphatic rings. The minimum absolute atomic E-state index is 0.171. The molecule has 0 saturated carbocycles. The first kappa shape index (κ1) is 12.0. The predicted octanol–water partition coefficient (Wildman–Crippen LogP) is 3.23. The Kier molecular flexibility index (Phi) is 6.49. The van der Waals surface area contributed by atoms with Gasteiger partial charge in [-0.15, -0.1) is 18.2 Å². The molecule has 0 N–H and O–H groups in total. The standard InChI is InChI=1S/C10H19ClO/c1-4-7-12-9-10(5-2,6-3)8-11/h4H,1,5-9H2,2-3H3. The Morgan fingerprint density at radius 1 is 1.42 bits per heavy atom. The van der Waals surface area contributed by atoms with Crippen LogP contribution in [0.1, 0.15) is 26.7 Å². The summed E-state index contributed by atoms with van der Waals surface area (Å²) in [7, 11) is 0. The number of hydrogen-bond donors (Lipinski definition) is 0. The normalized spacial score (nSPS) is 11.6. The molecule has 0 spiro atoms. The van der Waals surface area contributed by atoms with Crippen LogP contribution in [0.2, 0.25) is 0 Å². The number of ether oxygens (including phenoxy) is 1. The van der Waals surface area contributed by atoms with Crippen LogP contribution in [0, 0.1) is 5.41 Å². The second-order valence-electron chi connectivity index (χ2n) is 3.14. The van der Waals surface area contributed by atoms with Crippen molar-refractivity contribution in [1.29, 1.82) is 0 Å².